The molecular weight excluding hydrogens is 318 g/mol. The van der Waals surface area contributed by atoms with Gasteiger partial charge >= 0.3 is 0 Å². The number of ether oxygens (including phenoxy) is 1. The smallest absolute Gasteiger partial charge is 0.198 e. The van der Waals surface area contributed by atoms with Crippen molar-refractivity contribution in [3.8, 4) is 5.75 Å². The van der Waals surface area contributed by atoms with Gasteiger partial charge in [-0.3, -0.25) is 4.79 Å². The van der Waals surface area contributed by atoms with Crippen LogP contribution in [0.4, 0.5) is 8.78 Å². The molecule has 19 heavy (non-hydrogen) atoms. The van der Waals surface area contributed by atoms with Gasteiger partial charge in [-0.2, -0.15) is 0 Å². The van der Waals surface area contributed by atoms with E-state index in [-0.39, 0.29) is 15.6 Å². The Balaban J connectivity index is 2.47. The third kappa shape index (κ3) is 2.66. The van der Waals surface area contributed by atoms with Crippen LogP contribution in [0, 0.1) is 11.6 Å². The molecule has 0 aromatic heterocycles. The van der Waals surface area contributed by atoms with E-state index in [4.69, 9.17) is 4.74 Å². The van der Waals surface area contributed by atoms with Crippen molar-refractivity contribution in [3.63, 3.8) is 0 Å². The van der Waals surface area contributed by atoms with Gasteiger partial charge in [0.25, 0.3) is 0 Å². The molecule has 0 aliphatic rings. The number of ketones is 1. The first kappa shape index (κ1) is 13.7. The monoisotopic (exact) mass is 326 g/mol. The van der Waals surface area contributed by atoms with Crippen LogP contribution in [-0.4, -0.2) is 12.9 Å². The first-order valence-electron chi connectivity index (χ1n) is 5.37. The van der Waals surface area contributed by atoms with Crippen LogP contribution in [0.25, 0.3) is 0 Å². The van der Waals surface area contributed by atoms with Crippen molar-refractivity contribution >= 4 is 21.7 Å². The van der Waals surface area contributed by atoms with Crippen molar-refractivity contribution in [3.05, 3.63) is 63.6 Å². The predicted octanol–water partition coefficient (Wildman–Crippen LogP) is 3.97. The summed E-state index contributed by atoms with van der Waals surface area (Å²) in [6.07, 6.45) is 0. The summed E-state index contributed by atoms with van der Waals surface area (Å²) >= 11 is 2.99. The highest BCUT2D eigenvalue weighted by Gasteiger charge is 2.19. The van der Waals surface area contributed by atoms with Crippen molar-refractivity contribution < 1.29 is 18.3 Å². The Morgan fingerprint density at radius 2 is 1.89 bits per heavy atom. The molecule has 0 aliphatic heterocycles. The van der Waals surface area contributed by atoms with Gasteiger partial charge in [-0.05, 0) is 40.2 Å². The number of hydrogen-bond donors (Lipinski definition) is 0. The lowest BCUT2D eigenvalue weighted by Crippen LogP contribution is -2.07. The first-order chi connectivity index (χ1) is 9.04. The fourth-order valence-electron chi connectivity index (χ4n) is 1.63. The summed E-state index contributed by atoms with van der Waals surface area (Å²) in [6.45, 7) is 0. The van der Waals surface area contributed by atoms with E-state index in [1.165, 1.54) is 37.4 Å². The largest absolute Gasteiger partial charge is 0.497 e. The fourth-order valence-corrected chi connectivity index (χ4v) is 2.00. The van der Waals surface area contributed by atoms with Crippen molar-refractivity contribution in [1.82, 2.24) is 0 Å². The van der Waals surface area contributed by atoms with E-state index in [1.807, 2.05) is 0 Å². The van der Waals surface area contributed by atoms with Crippen LogP contribution in [0.15, 0.2) is 40.9 Å². The predicted molar refractivity (Wildman–Crippen MR) is 70.5 cm³/mol. The quantitative estimate of drug-likeness (QED) is 0.798. The summed E-state index contributed by atoms with van der Waals surface area (Å²) < 4.78 is 32.6. The Kier molecular flexibility index (Phi) is 3.95. The summed E-state index contributed by atoms with van der Waals surface area (Å²) in [7, 11) is 1.39. The molecule has 2 aromatic rings. The van der Waals surface area contributed by atoms with Gasteiger partial charge in [0.15, 0.2) is 5.78 Å². The van der Waals surface area contributed by atoms with Crippen molar-refractivity contribution in [1.29, 1.82) is 0 Å². The van der Waals surface area contributed by atoms with Gasteiger partial charge < -0.3 is 4.74 Å². The molecule has 0 spiro atoms. The molecule has 0 fully saturated rings. The second kappa shape index (κ2) is 5.48. The van der Waals surface area contributed by atoms with Gasteiger partial charge in [-0.1, -0.05) is 6.07 Å². The Bertz CT molecular complexity index is 641. The Morgan fingerprint density at radius 1 is 1.16 bits per heavy atom. The maximum atomic E-state index is 13.8. The molecule has 5 heteroatoms. The number of hydrogen-bond acceptors (Lipinski definition) is 2. The molecule has 0 unspecified atom stereocenters. The van der Waals surface area contributed by atoms with E-state index in [1.54, 1.807) is 0 Å². The highest BCUT2D eigenvalue weighted by molar-refractivity contribution is 9.10. The summed E-state index contributed by atoms with van der Waals surface area (Å²) in [4.78, 5) is 12.1. The van der Waals surface area contributed by atoms with Crippen molar-refractivity contribution in [2.75, 3.05) is 7.11 Å². The second-order valence-corrected chi connectivity index (χ2v) is 4.63. The highest BCUT2D eigenvalue weighted by atomic mass is 79.9. The van der Waals surface area contributed by atoms with Crippen LogP contribution in [0.1, 0.15) is 15.9 Å². The lowest BCUT2D eigenvalue weighted by Gasteiger charge is -2.06. The van der Waals surface area contributed by atoms with Crippen LogP contribution in [0.5, 0.6) is 5.75 Å². The number of methoxy groups -OCH3 is 1. The molecule has 0 saturated heterocycles. The zero-order valence-electron chi connectivity index (χ0n) is 9.91. The van der Waals surface area contributed by atoms with Crippen LogP contribution >= 0.6 is 15.9 Å². The van der Waals surface area contributed by atoms with E-state index in [0.717, 1.165) is 6.07 Å². The molecule has 98 valence electrons. The van der Waals surface area contributed by atoms with Gasteiger partial charge in [-0.15, -0.1) is 0 Å². The van der Waals surface area contributed by atoms with Crippen molar-refractivity contribution in [2.24, 2.45) is 0 Å². The molecule has 0 saturated carbocycles. The summed E-state index contributed by atoms with van der Waals surface area (Å²) in [5.74, 6) is -1.87. The first-order valence-corrected chi connectivity index (χ1v) is 6.16. The standard InChI is InChI=1S/C14H9BrF2O2/c1-19-8-5-6-9(12(16)7-8)14(18)10-3-2-4-11(15)13(10)17/h2-7H,1H3. The maximum absolute atomic E-state index is 13.8. The fraction of sp³-hybridized carbons (Fsp3) is 0.0714. The Hall–Kier alpha value is -1.75. The molecule has 0 radical (unpaired) electrons. The van der Waals surface area contributed by atoms with Crippen LogP contribution in [0.3, 0.4) is 0 Å². The number of rotatable bonds is 3. The molecule has 0 bridgehead atoms. The number of benzene rings is 2. The van der Waals surface area contributed by atoms with Gasteiger partial charge in [-0.25, -0.2) is 8.78 Å². The maximum Gasteiger partial charge on any atom is 0.198 e. The van der Waals surface area contributed by atoms with Crippen molar-refractivity contribution in [2.45, 2.75) is 0 Å². The zero-order valence-corrected chi connectivity index (χ0v) is 11.5. The van der Waals surface area contributed by atoms with Gasteiger partial charge in [0.2, 0.25) is 0 Å². The topological polar surface area (TPSA) is 26.3 Å². The molecule has 0 N–H and O–H groups in total. The van der Waals surface area contributed by atoms with Gasteiger partial charge in [0.05, 0.1) is 22.7 Å². The molecule has 0 heterocycles. The molecule has 0 aliphatic carbocycles. The van der Waals surface area contributed by atoms with E-state index in [9.17, 15) is 13.6 Å². The normalized spacial score (nSPS) is 10.3. The number of carbonyl (C=O) groups is 1. The Morgan fingerprint density at radius 3 is 2.53 bits per heavy atom. The van der Waals surface area contributed by atoms with E-state index >= 15 is 0 Å². The third-order valence-corrected chi connectivity index (χ3v) is 3.23. The zero-order chi connectivity index (χ0) is 14.0. The highest BCUT2D eigenvalue weighted by Crippen LogP contribution is 2.23. The minimum Gasteiger partial charge on any atom is -0.497 e. The van der Waals surface area contributed by atoms with Gasteiger partial charge in [0, 0.05) is 6.07 Å². The van der Waals surface area contributed by atoms with Crippen LogP contribution < -0.4 is 4.74 Å². The number of halogens is 3. The van der Waals surface area contributed by atoms with E-state index in [2.05, 4.69) is 15.9 Å². The molecule has 2 nitrogen and oxygen atoms in total. The molecule has 0 atom stereocenters. The minimum absolute atomic E-state index is 0.160. The molecule has 2 aromatic carbocycles. The summed E-state index contributed by atoms with van der Waals surface area (Å²) in [6, 6.07) is 8.11. The van der Waals surface area contributed by atoms with Crippen LogP contribution in [0.2, 0.25) is 0 Å². The lowest BCUT2D eigenvalue weighted by atomic mass is 10.0. The molecular formula is C14H9BrF2O2. The SMILES string of the molecule is COc1ccc(C(=O)c2cccc(Br)c2F)c(F)c1. The summed E-state index contributed by atoms with van der Waals surface area (Å²) in [5, 5.41) is 0. The van der Waals surface area contributed by atoms with E-state index in [0.29, 0.717) is 5.75 Å². The third-order valence-electron chi connectivity index (χ3n) is 2.62. The minimum atomic E-state index is -0.747. The summed E-state index contributed by atoms with van der Waals surface area (Å²) in [5.41, 5.74) is -0.378. The van der Waals surface area contributed by atoms with E-state index < -0.39 is 17.4 Å². The Labute approximate surface area is 117 Å². The second-order valence-electron chi connectivity index (χ2n) is 3.78. The lowest BCUT2D eigenvalue weighted by molar-refractivity contribution is 0.103. The van der Waals surface area contributed by atoms with Crippen LogP contribution in [-0.2, 0) is 0 Å². The average Bonchev–Trinajstić information content (AvgIpc) is 2.41. The van der Waals surface area contributed by atoms with Gasteiger partial charge in [0.1, 0.15) is 17.4 Å². The molecule has 2 rings (SSSR count). The number of carbonyl (C=O) groups excluding carboxylic acids is 1. The molecule has 0 amide bonds. The average molecular weight is 327 g/mol.